The Bertz CT molecular complexity index is 1060. The second kappa shape index (κ2) is 8.35. The molecule has 0 saturated heterocycles. The number of ether oxygens (including phenoxy) is 1. The van der Waals surface area contributed by atoms with E-state index in [0.29, 0.717) is 22.0 Å². The molecule has 1 amide bonds. The SMILES string of the molecule is CCCc1nc(-c2ccc3c(c2)N(CC(=O)c2ccc(Cl)cc2)C(=O)CO3)cs1. The molecule has 0 unspecified atom stereocenters. The number of aromatic nitrogens is 1. The summed E-state index contributed by atoms with van der Waals surface area (Å²) in [6.07, 6.45) is 1.99. The molecule has 5 nitrogen and oxygen atoms in total. The van der Waals surface area contributed by atoms with Gasteiger partial charge in [0.2, 0.25) is 0 Å². The first-order valence-corrected chi connectivity index (χ1v) is 10.6. The Morgan fingerprint density at radius 2 is 2.03 bits per heavy atom. The van der Waals surface area contributed by atoms with Gasteiger partial charge in [-0.2, -0.15) is 0 Å². The molecule has 2 aromatic carbocycles. The summed E-state index contributed by atoms with van der Waals surface area (Å²) in [5, 5.41) is 3.66. The predicted molar refractivity (Wildman–Crippen MR) is 115 cm³/mol. The number of thiazole rings is 1. The van der Waals surface area contributed by atoms with Crippen LogP contribution in [0.15, 0.2) is 47.8 Å². The highest BCUT2D eigenvalue weighted by Crippen LogP contribution is 2.36. The van der Waals surface area contributed by atoms with Gasteiger partial charge in [-0.25, -0.2) is 4.98 Å². The van der Waals surface area contributed by atoms with Gasteiger partial charge in [0.15, 0.2) is 12.4 Å². The lowest BCUT2D eigenvalue weighted by Crippen LogP contribution is -2.42. The highest BCUT2D eigenvalue weighted by molar-refractivity contribution is 7.09. The van der Waals surface area contributed by atoms with E-state index in [1.807, 2.05) is 23.6 Å². The van der Waals surface area contributed by atoms with Crippen molar-refractivity contribution in [1.82, 2.24) is 4.98 Å². The summed E-state index contributed by atoms with van der Waals surface area (Å²) >= 11 is 7.53. The van der Waals surface area contributed by atoms with E-state index >= 15 is 0 Å². The molecule has 29 heavy (non-hydrogen) atoms. The molecular weight excluding hydrogens is 408 g/mol. The number of carbonyl (C=O) groups is 2. The number of anilines is 1. The second-order valence-corrected chi connectivity index (χ2v) is 8.14. The third-order valence-corrected chi connectivity index (χ3v) is 5.84. The van der Waals surface area contributed by atoms with Crippen LogP contribution < -0.4 is 9.64 Å². The van der Waals surface area contributed by atoms with Crippen LogP contribution in [0.4, 0.5) is 5.69 Å². The maximum Gasteiger partial charge on any atom is 0.265 e. The zero-order valence-corrected chi connectivity index (χ0v) is 17.4. The average Bonchev–Trinajstić information content (AvgIpc) is 3.19. The van der Waals surface area contributed by atoms with E-state index in [1.165, 1.54) is 4.90 Å². The minimum Gasteiger partial charge on any atom is -0.482 e. The molecule has 1 aromatic heterocycles. The second-order valence-electron chi connectivity index (χ2n) is 6.76. The van der Waals surface area contributed by atoms with Crippen molar-refractivity contribution in [3.05, 3.63) is 63.4 Å². The van der Waals surface area contributed by atoms with Gasteiger partial charge in [0, 0.05) is 21.5 Å². The molecule has 7 heteroatoms. The van der Waals surface area contributed by atoms with E-state index in [-0.39, 0.29) is 24.8 Å². The quantitative estimate of drug-likeness (QED) is 0.519. The standard InChI is InChI=1S/C22H19ClN2O3S/c1-2-3-21-24-17(13-29-21)15-6-9-20-18(10-15)25(22(27)12-28-20)11-19(26)14-4-7-16(23)8-5-14/h4-10,13H,2-3,11-12H2,1H3. The first-order chi connectivity index (χ1) is 14.0. The number of nitrogens with zero attached hydrogens (tertiary/aromatic N) is 2. The van der Waals surface area contributed by atoms with Gasteiger partial charge in [-0.05, 0) is 55.3 Å². The zero-order valence-electron chi connectivity index (χ0n) is 15.9. The zero-order chi connectivity index (χ0) is 20.4. The molecule has 0 N–H and O–H groups in total. The maximum atomic E-state index is 12.7. The van der Waals surface area contributed by atoms with Crippen LogP contribution in [0.2, 0.25) is 5.02 Å². The van der Waals surface area contributed by atoms with Crippen LogP contribution in [0.25, 0.3) is 11.3 Å². The fraction of sp³-hybridized carbons (Fsp3) is 0.227. The predicted octanol–water partition coefficient (Wildman–Crippen LogP) is 5.02. The topological polar surface area (TPSA) is 59.5 Å². The minimum atomic E-state index is -0.248. The lowest BCUT2D eigenvalue weighted by Gasteiger charge is -2.29. The Kier molecular flexibility index (Phi) is 5.65. The van der Waals surface area contributed by atoms with E-state index in [9.17, 15) is 9.59 Å². The van der Waals surface area contributed by atoms with E-state index in [4.69, 9.17) is 16.3 Å². The van der Waals surface area contributed by atoms with Crippen molar-refractivity contribution >= 4 is 40.3 Å². The van der Waals surface area contributed by atoms with Crippen molar-refractivity contribution in [2.45, 2.75) is 19.8 Å². The van der Waals surface area contributed by atoms with E-state index < -0.39 is 0 Å². The van der Waals surface area contributed by atoms with Crippen LogP contribution in [0.3, 0.4) is 0 Å². The number of hydrogen-bond acceptors (Lipinski definition) is 5. The minimum absolute atomic E-state index is 0.0571. The van der Waals surface area contributed by atoms with E-state index in [0.717, 1.165) is 29.1 Å². The molecule has 0 radical (unpaired) electrons. The third kappa shape index (κ3) is 4.18. The van der Waals surface area contributed by atoms with Gasteiger partial charge in [-0.1, -0.05) is 18.5 Å². The lowest BCUT2D eigenvalue weighted by molar-refractivity contribution is -0.121. The number of Topliss-reactive ketones (excluding diaryl/α,β-unsaturated/α-hetero) is 1. The Balaban J connectivity index is 1.63. The molecule has 4 rings (SSSR count). The Labute approximate surface area is 177 Å². The van der Waals surface area contributed by atoms with Gasteiger partial charge in [0.1, 0.15) is 5.75 Å². The summed E-state index contributed by atoms with van der Waals surface area (Å²) in [5.41, 5.74) is 2.86. The number of carbonyl (C=O) groups excluding carboxylic acids is 2. The maximum absolute atomic E-state index is 12.7. The average molecular weight is 427 g/mol. The largest absolute Gasteiger partial charge is 0.482 e. The van der Waals surface area contributed by atoms with Gasteiger partial charge >= 0.3 is 0 Å². The Hall–Kier alpha value is -2.70. The van der Waals surface area contributed by atoms with Gasteiger partial charge < -0.3 is 4.74 Å². The number of hydrogen-bond donors (Lipinski definition) is 0. The number of aryl methyl sites for hydroxylation is 1. The fourth-order valence-corrected chi connectivity index (χ4v) is 4.21. The van der Waals surface area contributed by atoms with Crippen LogP contribution in [-0.2, 0) is 11.2 Å². The highest BCUT2D eigenvalue weighted by Gasteiger charge is 2.28. The van der Waals surface area contributed by atoms with Gasteiger partial charge in [0.05, 0.1) is 22.9 Å². The molecule has 1 aliphatic rings. The van der Waals surface area contributed by atoms with Crippen LogP contribution >= 0.6 is 22.9 Å². The Morgan fingerprint density at radius 1 is 1.24 bits per heavy atom. The van der Waals surface area contributed by atoms with Crippen LogP contribution in [0.1, 0.15) is 28.7 Å². The van der Waals surface area contributed by atoms with Gasteiger partial charge in [-0.3, -0.25) is 14.5 Å². The van der Waals surface area contributed by atoms with E-state index in [1.54, 1.807) is 35.6 Å². The van der Waals surface area contributed by atoms with E-state index in [2.05, 4.69) is 11.9 Å². The summed E-state index contributed by atoms with van der Waals surface area (Å²) in [6.45, 7) is 1.98. The summed E-state index contributed by atoms with van der Waals surface area (Å²) in [4.78, 5) is 31.4. The molecule has 0 aliphatic carbocycles. The number of rotatable bonds is 6. The Morgan fingerprint density at radius 3 is 2.79 bits per heavy atom. The number of fused-ring (bicyclic) bond motifs is 1. The van der Waals surface area contributed by atoms with Crippen LogP contribution in [0.5, 0.6) is 5.75 Å². The summed E-state index contributed by atoms with van der Waals surface area (Å²) in [7, 11) is 0. The fourth-order valence-electron chi connectivity index (χ4n) is 3.18. The monoisotopic (exact) mass is 426 g/mol. The van der Waals surface area contributed by atoms with Crippen molar-refractivity contribution in [3.63, 3.8) is 0 Å². The number of amides is 1. The lowest BCUT2D eigenvalue weighted by atomic mass is 10.1. The molecular formula is C22H19ClN2O3S. The molecule has 0 fully saturated rings. The molecule has 0 bridgehead atoms. The van der Waals surface area contributed by atoms with Crippen LogP contribution in [0, 0.1) is 0 Å². The molecule has 0 saturated carbocycles. The van der Waals surface area contributed by atoms with Gasteiger partial charge in [0.25, 0.3) is 5.91 Å². The molecule has 148 valence electrons. The number of halogens is 1. The molecule has 0 atom stereocenters. The van der Waals surface area contributed by atoms with Crippen molar-refractivity contribution in [2.24, 2.45) is 0 Å². The normalized spacial score (nSPS) is 13.2. The first kappa shape index (κ1) is 19.6. The third-order valence-electron chi connectivity index (χ3n) is 4.68. The molecule has 0 spiro atoms. The summed E-state index contributed by atoms with van der Waals surface area (Å²) in [6, 6.07) is 12.3. The van der Waals surface area contributed by atoms with Crippen molar-refractivity contribution in [1.29, 1.82) is 0 Å². The highest BCUT2D eigenvalue weighted by atomic mass is 35.5. The summed E-state index contributed by atoms with van der Waals surface area (Å²) in [5.74, 6) is 0.176. The molecule has 2 heterocycles. The summed E-state index contributed by atoms with van der Waals surface area (Å²) < 4.78 is 5.57. The van der Waals surface area contributed by atoms with Crippen molar-refractivity contribution in [2.75, 3.05) is 18.1 Å². The van der Waals surface area contributed by atoms with Crippen molar-refractivity contribution in [3.8, 4) is 17.0 Å². The number of benzene rings is 2. The number of ketones is 1. The molecule has 1 aliphatic heterocycles. The van der Waals surface area contributed by atoms with Gasteiger partial charge in [-0.15, -0.1) is 11.3 Å². The van der Waals surface area contributed by atoms with Crippen molar-refractivity contribution < 1.29 is 14.3 Å². The van der Waals surface area contributed by atoms with Crippen LogP contribution in [-0.4, -0.2) is 29.8 Å². The molecule has 3 aromatic rings. The smallest absolute Gasteiger partial charge is 0.265 e. The first-order valence-electron chi connectivity index (χ1n) is 9.36.